The van der Waals surface area contributed by atoms with Crippen LogP contribution in [0.5, 0.6) is 0 Å². The summed E-state index contributed by atoms with van der Waals surface area (Å²) in [5.41, 5.74) is 4.94. The van der Waals surface area contributed by atoms with Crippen molar-refractivity contribution in [2.24, 2.45) is 0 Å². The number of hydrogen-bond acceptors (Lipinski definition) is 2. The lowest BCUT2D eigenvalue weighted by Crippen LogP contribution is -2.24. The number of benzene rings is 1. The van der Waals surface area contributed by atoms with Gasteiger partial charge in [-0.15, -0.1) is 0 Å². The summed E-state index contributed by atoms with van der Waals surface area (Å²) in [6, 6.07) is 13.0. The molecule has 1 aromatic heterocycles. The van der Waals surface area contributed by atoms with Gasteiger partial charge in [0.15, 0.2) is 0 Å². The van der Waals surface area contributed by atoms with Crippen LogP contribution in [-0.2, 0) is 13.0 Å². The van der Waals surface area contributed by atoms with Crippen LogP contribution in [-0.4, -0.2) is 23.0 Å². The van der Waals surface area contributed by atoms with Crippen LogP contribution < -0.4 is 0 Å². The summed E-state index contributed by atoms with van der Waals surface area (Å²) in [7, 11) is 0. The molecule has 0 amide bonds. The molecule has 0 fully saturated rings. The van der Waals surface area contributed by atoms with E-state index in [2.05, 4.69) is 67.1 Å². The van der Waals surface area contributed by atoms with E-state index in [4.69, 9.17) is 0 Å². The first-order valence-corrected chi connectivity index (χ1v) is 8.53. The second kappa shape index (κ2) is 8.70. The van der Waals surface area contributed by atoms with Crippen LogP contribution in [0, 0.1) is 0 Å². The van der Waals surface area contributed by atoms with E-state index in [9.17, 15) is 0 Å². The summed E-state index contributed by atoms with van der Waals surface area (Å²) >= 11 is 0. The Balaban J connectivity index is 2.08. The van der Waals surface area contributed by atoms with Gasteiger partial charge in [-0.3, -0.25) is 9.88 Å². The molecule has 0 bridgehead atoms. The van der Waals surface area contributed by atoms with Crippen molar-refractivity contribution in [3.8, 4) is 11.3 Å². The fraction of sp³-hybridized carbons (Fsp3) is 0.450. The van der Waals surface area contributed by atoms with E-state index < -0.39 is 0 Å². The van der Waals surface area contributed by atoms with Gasteiger partial charge in [-0.05, 0) is 55.6 Å². The highest BCUT2D eigenvalue weighted by Gasteiger charge is 2.05. The monoisotopic (exact) mass is 296 g/mol. The number of pyridine rings is 1. The van der Waals surface area contributed by atoms with E-state index in [0.29, 0.717) is 0 Å². The van der Waals surface area contributed by atoms with Crippen LogP contribution in [0.3, 0.4) is 0 Å². The molecule has 2 rings (SSSR count). The van der Waals surface area contributed by atoms with Gasteiger partial charge in [-0.2, -0.15) is 0 Å². The van der Waals surface area contributed by atoms with E-state index in [1.165, 1.54) is 29.5 Å². The first-order chi connectivity index (χ1) is 10.8. The van der Waals surface area contributed by atoms with Crippen molar-refractivity contribution in [2.75, 3.05) is 13.1 Å². The van der Waals surface area contributed by atoms with Crippen molar-refractivity contribution < 1.29 is 0 Å². The molecule has 2 nitrogen and oxygen atoms in total. The first-order valence-electron chi connectivity index (χ1n) is 8.53. The van der Waals surface area contributed by atoms with Gasteiger partial charge in [-0.1, -0.05) is 45.0 Å². The van der Waals surface area contributed by atoms with Crippen molar-refractivity contribution in [1.82, 2.24) is 9.88 Å². The van der Waals surface area contributed by atoms with E-state index in [1.807, 2.05) is 6.20 Å². The third kappa shape index (κ3) is 4.67. The van der Waals surface area contributed by atoms with Crippen molar-refractivity contribution in [1.29, 1.82) is 0 Å². The minimum atomic E-state index is 1.00. The number of aromatic nitrogens is 1. The Morgan fingerprint density at radius 1 is 0.909 bits per heavy atom. The zero-order chi connectivity index (χ0) is 15.8. The van der Waals surface area contributed by atoms with Crippen LogP contribution >= 0.6 is 0 Å². The topological polar surface area (TPSA) is 16.1 Å². The molecule has 0 N–H and O–H groups in total. The minimum absolute atomic E-state index is 1.00. The Hall–Kier alpha value is -1.67. The van der Waals surface area contributed by atoms with Crippen LogP contribution in [0.15, 0.2) is 42.6 Å². The second-order valence-corrected chi connectivity index (χ2v) is 5.88. The van der Waals surface area contributed by atoms with Crippen LogP contribution in [0.25, 0.3) is 11.3 Å². The highest BCUT2D eigenvalue weighted by Crippen LogP contribution is 2.19. The number of hydrogen-bond donors (Lipinski definition) is 0. The van der Waals surface area contributed by atoms with E-state index >= 15 is 0 Å². The fourth-order valence-electron chi connectivity index (χ4n) is 2.80. The lowest BCUT2D eigenvalue weighted by atomic mass is 10.1. The molecule has 22 heavy (non-hydrogen) atoms. The maximum Gasteiger partial charge on any atom is 0.0702 e. The van der Waals surface area contributed by atoms with Crippen molar-refractivity contribution >= 4 is 0 Å². The standard InChI is InChI=1S/C20H28N2/c1-4-12-22(13-5-2)16-18-10-11-20(21-15-18)19-9-7-8-17(6-3)14-19/h7-11,14-15H,4-6,12-13,16H2,1-3H3. The average Bonchev–Trinajstić information content (AvgIpc) is 2.56. The first kappa shape index (κ1) is 16.7. The molecule has 118 valence electrons. The zero-order valence-electron chi connectivity index (χ0n) is 14.2. The molecular formula is C20H28N2. The van der Waals surface area contributed by atoms with E-state index in [-0.39, 0.29) is 0 Å². The molecular weight excluding hydrogens is 268 g/mol. The Kier molecular flexibility index (Phi) is 6.60. The molecule has 0 unspecified atom stereocenters. The van der Waals surface area contributed by atoms with E-state index in [0.717, 1.165) is 31.7 Å². The lowest BCUT2D eigenvalue weighted by molar-refractivity contribution is 0.266. The lowest BCUT2D eigenvalue weighted by Gasteiger charge is -2.20. The Bertz CT molecular complexity index is 554. The second-order valence-electron chi connectivity index (χ2n) is 5.88. The highest BCUT2D eigenvalue weighted by molar-refractivity contribution is 5.60. The van der Waals surface area contributed by atoms with Crippen molar-refractivity contribution in [2.45, 2.75) is 46.6 Å². The number of rotatable bonds is 8. The number of aryl methyl sites for hydroxylation is 1. The van der Waals surface area contributed by atoms with Crippen LogP contribution in [0.4, 0.5) is 0 Å². The largest absolute Gasteiger partial charge is 0.299 e. The van der Waals surface area contributed by atoms with Gasteiger partial charge < -0.3 is 0 Å². The molecule has 0 radical (unpaired) electrons. The molecule has 2 heteroatoms. The third-order valence-electron chi connectivity index (χ3n) is 3.94. The molecule has 0 saturated carbocycles. The van der Waals surface area contributed by atoms with Gasteiger partial charge in [0.25, 0.3) is 0 Å². The van der Waals surface area contributed by atoms with Crippen molar-refractivity contribution in [3.63, 3.8) is 0 Å². The summed E-state index contributed by atoms with van der Waals surface area (Å²) in [4.78, 5) is 7.18. The minimum Gasteiger partial charge on any atom is -0.299 e. The summed E-state index contributed by atoms with van der Waals surface area (Å²) in [6.07, 6.45) is 5.51. The van der Waals surface area contributed by atoms with Crippen LogP contribution in [0.2, 0.25) is 0 Å². The molecule has 0 spiro atoms. The molecule has 0 saturated heterocycles. The Morgan fingerprint density at radius 3 is 2.27 bits per heavy atom. The summed E-state index contributed by atoms with van der Waals surface area (Å²) in [5.74, 6) is 0. The highest BCUT2D eigenvalue weighted by atomic mass is 15.1. The Labute approximate surface area is 135 Å². The third-order valence-corrected chi connectivity index (χ3v) is 3.94. The quantitative estimate of drug-likeness (QED) is 0.686. The van der Waals surface area contributed by atoms with Gasteiger partial charge in [-0.25, -0.2) is 0 Å². The molecule has 0 aliphatic heterocycles. The van der Waals surface area contributed by atoms with Crippen LogP contribution in [0.1, 0.15) is 44.7 Å². The predicted molar refractivity (Wildman–Crippen MR) is 94.9 cm³/mol. The fourth-order valence-corrected chi connectivity index (χ4v) is 2.80. The molecule has 0 atom stereocenters. The molecule has 0 aliphatic rings. The van der Waals surface area contributed by atoms with Gasteiger partial charge in [0.05, 0.1) is 5.69 Å². The van der Waals surface area contributed by atoms with Crippen molar-refractivity contribution in [3.05, 3.63) is 53.7 Å². The van der Waals surface area contributed by atoms with Gasteiger partial charge in [0, 0.05) is 18.3 Å². The number of nitrogens with zero attached hydrogens (tertiary/aromatic N) is 2. The van der Waals surface area contributed by atoms with Gasteiger partial charge in [0.1, 0.15) is 0 Å². The molecule has 2 aromatic rings. The average molecular weight is 296 g/mol. The summed E-state index contributed by atoms with van der Waals surface area (Å²) < 4.78 is 0. The van der Waals surface area contributed by atoms with Gasteiger partial charge in [0.2, 0.25) is 0 Å². The maximum absolute atomic E-state index is 4.67. The smallest absolute Gasteiger partial charge is 0.0702 e. The predicted octanol–water partition coefficient (Wildman–Crippen LogP) is 4.93. The van der Waals surface area contributed by atoms with Gasteiger partial charge >= 0.3 is 0 Å². The maximum atomic E-state index is 4.67. The zero-order valence-corrected chi connectivity index (χ0v) is 14.2. The summed E-state index contributed by atoms with van der Waals surface area (Å²) in [6.45, 7) is 9.99. The molecule has 1 heterocycles. The molecule has 1 aromatic carbocycles. The molecule has 0 aliphatic carbocycles. The normalized spacial score (nSPS) is 11.1. The Morgan fingerprint density at radius 2 is 1.68 bits per heavy atom. The van der Waals surface area contributed by atoms with E-state index in [1.54, 1.807) is 0 Å². The SMILES string of the molecule is CCCN(CCC)Cc1ccc(-c2cccc(CC)c2)nc1. The summed E-state index contributed by atoms with van der Waals surface area (Å²) in [5, 5.41) is 0.